The molecule has 1 N–H and O–H groups in total. The Balaban J connectivity index is 2.30. The minimum atomic E-state index is 0.204. The van der Waals surface area contributed by atoms with E-state index >= 15 is 0 Å². The molecule has 0 saturated carbocycles. The van der Waals surface area contributed by atoms with Crippen LogP contribution in [0.1, 0.15) is 37.8 Å². The van der Waals surface area contributed by atoms with Crippen molar-refractivity contribution in [3.05, 3.63) is 84.4 Å². The van der Waals surface area contributed by atoms with E-state index in [4.69, 9.17) is 0 Å². The average molecular weight is 352 g/mol. The van der Waals surface area contributed by atoms with Crippen molar-refractivity contribution >= 4 is 0 Å². The normalized spacial score (nSPS) is 13.7. The second-order valence-corrected chi connectivity index (χ2v) is 7.48. The Hall–Kier alpha value is -1.90. The summed E-state index contributed by atoms with van der Waals surface area (Å²) in [4.78, 5) is 2.56. The third kappa shape index (κ3) is 6.44. The SMILES string of the molecule is C=C[C@@H](CCO)[C@H](CC(C)C)N(Cc1ccccc1)Cc1ccccc1. The predicted molar refractivity (Wildman–Crippen MR) is 111 cm³/mol. The van der Waals surface area contributed by atoms with E-state index in [1.807, 2.05) is 6.08 Å². The lowest BCUT2D eigenvalue weighted by Gasteiger charge is -2.37. The molecule has 2 nitrogen and oxygen atoms in total. The van der Waals surface area contributed by atoms with Gasteiger partial charge in [-0.1, -0.05) is 80.6 Å². The van der Waals surface area contributed by atoms with Gasteiger partial charge >= 0.3 is 0 Å². The van der Waals surface area contributed by atoms with Crippen LogP contribution in [0.3, 0.4) is 0 Å². The van der Waals surface area contributed by atoms with Gasteiger partial charge in [0.1, 0.15) is 0 Å². The van der Waals surface area contributed by atoms with Crippen LogP contribution in [0.15, 0.2) is 73.3 Å². The zero-order valence-electron chi connectivity index (χ0n) is 16.2. The second kappa shape index (κ2) is 10.9. The topological polar surface area (TPSA) is 23.5 Å². The highest BCUT2D eigenvalue weighted by Crippen LogP contribution is 2.26. The molecule has 0 aliphatic heterocycles. The standard InChI is InChI=1S/C24H33NO/c1-4-23(15-16-26)24(17-20(2)3)25(18-21-11-7-5-8-12-21)19-22-13-9-6-10-14-22/h4-14,20,23-24,26H,1,15-19H2,2-3H3/t23-,24-/m0/s1. The molecule has 0 amide bonds. The Labute approximate surface area is 159 Å². The Kier molecular flexibility index (Phi) is 8.60. The summed E-state index contributed by atoms with van der Waals surface area (Å²) in [6.45, 7) is 10.6. The van der Waals surface area contributed by atoms with E-state index < -0.39 is 0 Å². The van der Waals surface area contributed by atoms with E-state index in [1.54, 1.807) is 0 Å². The molecule has 140 valence electrons. The molecule has 0 fully saturated rings. The van der Waals surface area contributed by atoms with Crippen molar-refractivity contribution in [2.45, 2.75) is 45.8 Å². The van der Waals surface area contributed by atoms with Crippen molar-refractivity contribution in [2.75, 3.05) is 6.61 Å². The van der Waals surface area contributed by atoms with Crippen molar-refractivity contribution < 1.29 is 5.11 Å². The summed E-state index contributed by atoms with van der Waals surface area (Å²) in [5, 5.41) is 9.55. The van der Waals surface area contributed by atoms with Crippen molar-refractivity contribution in [1.29, 1.82) is 0 Å². The zero-order chi connectivity index (χ0) is 18.8. The number of hydrogen-bond acceptors (Lipinski definition) is 2. The van der Waals surface area contributed by atoms with Gasteiger partial charge in [-0.2, -0.15) is 0 Å². The fraction of sp³-hybridized carbons (Fsp3) is 0.417. The lowest BCUT2D eigenvalue weighted by atomic mass is 9.87. The highest BCUT2D eigenvalue weighted by molar-refractivity contribution is 5.17. The predicted octanol–water partition coefficient (Wildman–Crippen LogP) is 5.29. The Morgan fingerprint density at radius 3 is 1.81 bits per heavy atom. The molecule has 0 unspecified atom stereocenters. The highest BCUT2D eigenvalue weighted by Gasteiger charge is 2.26. The van der Waals surface area contributed by atoms with Crippen molar-refractivity contribution in [1.82, 2.24) is 4.90 Å². The lowest BCUT2D eigenvalue weighted by molar-refractivity contribution is 0.108. The third-order valence-corrected chi connectivity index (χ3v) is 4.90. The van der Waals surface area contributed by atoms with Gasteiger partial charge in [0.05, 0.1) is 0 Å². The van der Waals surface area contributed by atoms with Gasteiger partial charge in [-0.25, -0.2) is 0 Å². The van der Waals surface area contributed by atoms with E-state index in [9.17, 15) is 5.11 Å². The first kappa shape index (κ1) is 20.4. The molecule has 0 heterocycles. The summed E-state index contributed by atoms with van der Waals surface area (Å²) in [6, 6.07) is 21.7. The van der Waals surface area contributed by atoms with Crippen LogP contribution in [0.5, 0.6) is 0 Å². The molecule has 0 saturated heterocycles. The van der Waals surface area contributed by atoms with Crippen LogP contribution in [0.2, 0.25) is 0 Å². The fourth-order valence-corrected chi connectivity index (χ4v) is 3.62. The van der Waals surface area contributed by atoms with Crippen LogP contribution in [0, 0.1) is 11.8 Å². The van der Waals surface area contributed by atoms with Gasteiger partial charge in [-0.05, 0) is 35.8 Å². The van der Waals surface area contributed by atoms with Gasteiger partial charge in [0.15, 0.2) is 0 Å². The largest absolute Gasteiger partial charge is 0.396 e. The van der Waals surface area contributed by atoms with Gasteiger partial charge in [-0.3, -0.25) is 4.90 Å². The third-order valence-electron chi connectivity index (χ3n) is 4.90. The van der Waals surface area contributed by atoms with Gasteiger partial charge in [-0.15, -0.1) is 6.58 Å². The number of aliphatic hydroxyl groups excluding tert-OH is 1. The molecule has 0 aromatic heterocycles. The maximum absolute atomic E-state index is 9.55. The van der Waals surface area contributed by atoms with E-state index in [1.165, 1.54) is 11.1 Å². The number of nitrogens with zero attached hydrogens (tertiary/aromatic N) is 1. The molecule has 26 heavy (non-hydrogen) atoms. The Morgan fingerprint density at radius 1 is 0.923 bits per heavy atom. The van der Waals surface area contributed by atoms with Crippen LogP contribution in [0.25, 0.3) is 0 Å². The van der Waals surface area contributed by atoms with E-state index in [0.29, 0.717) is 12.0 Å². The van der Waals surface area contributed by atoms with Crippen molar-refractivity contribution in [3.63, 3.8) is 0 Å². The van der Waals surface area contributed by atoms with Crippen LogP contribution >= 0.6 is 0 Å². The summed E-state index contributed by atoms with van der Waals surface area (Å²) in [5.74, 6) is 0.880. The summed E-state index contributed by atoms with van der Waals surface area (Å²) >= 11 is 0. The second-order valence-electron chi connectivity index (χ2n) is 7.48. The van der Waals surface area contributed by atoms with Crippen molar-refractivity contribution in [3.8, 4) is 0 Å². The molecule has 2 aromatic rings. The molecule has 2 aromatic carbocycles. The molecule has 2 heteroatoms. The van der Waals surface area contributed by atoms with Crippen LogP contribution in [-0.4, -0.2) is 22.7 Å². The maximum atomic E-state index is 9.55. The minimum absolute atomic E-state index is 0.204. The summed E-state index contributed by atoms with van der Waals surface area (Å²) < 4.78 is 0. The lowest BCUT2D eigenvalue weighted by Crippen LogP contribution is -2.40. The summed E-state index contributed by atoms with van der Waals surface area (Å²) in [7, 11) is 0. The van der Waals surface area contributed by atoms with E-state index in [2.05, 4.69) is 86.0 Å². The monoisotopic (exact) mass is 351 g/mol. The average Bonchev–Trinajstić information content (AvgIpc) is 2.65. The molecule has 2 atom stereocenters. The van der Waals surface area contributed by atoms with Gasteiger partial charge in [0.25, 0.3) is 0 Å². The van der Waals surface area contributed by atoms with Gasteiger partial charge < -0.3 is 5.11 Å². The minimum Gasteiger partial charge on any atom is -0.396 e. The number of rotatable bonds is 11. The first-order valence-corrected chi connectivity index (χ1v) is 9.69. The van der Waals surface area contributed by atoms with Gasteiger partial charge in [0.2, 0.25) is 0 Å². The summed E-state index contributed by atoms with van der Waals surface area (Å²) in [5.41, 5.74) is 2.65. The molecule has 0 aliphatic rings. The van der Waals surface area contributed by atoms with E-state index in [-0.39, 0.29) is 12.5 Å². The number of aliphatic hydroxyl groups is 1. The molecular weight excluding hydrogens is 318 g/mol. The number of benzene rings is 2. The Bertz CT molecular complexity index is 582. The van der Waals surface area contributed by atoms with Crippen LogP contribution in [0.4, 0.5) is 0 Å². The van der Waals surface area contributed by atoms with Gasteiger partial charge in [0, 0.05) is 25.7 Å². The van der Waals surface area contributed by atoms with E-state index in [0.717, 1.165) is 25.9 Å². The Morgan fingerprint density at radius 2 is 1.42 bits per heavy atom. The highest BCUT2D eigenvalue weighted by atomic mass is 16.3. The van der Waals surface area contributed by atoms with Crippen LogP contribution in [-0.2, 0) is 13.1 Å². The maximum Gasteiger partial charge on any atom is 0.0437 e. The molecule has 2 rings (SSSR count). The smallest absolute Gasteiger partial charge is 0.0437 e. The molecule has 0 bridgehead atoms. The number of hydrogen-bond donors (Lipinski definition) is 1. The zero-order valence-corrected chi connectivity index (χ0v) is 16.2. The first-order valence-electron chi connectivity index (χ1n) is 9.69. The molecule has 0 radical (unpaired) electrons. The summed E-state index contributed by atoms with van der Waals surface area (Å²) in [6.07, 6.45) is 3.89. The van der Waals surface area contributed by atoms with Crippen LogP contribution < -0.4 is 0 Å². The molecular formula is C24H33NO. The molecule has 0 aliphatic carbocycles. The fourth-order valence-electron chi connectivity index (χ4n) is 3.62. The first-order chi connectivity index (χ1) is 12.6. The van der Waals surface area contributed by atoms with Crippen molar-refractivity contribution in [2.24, 2.45) is 11.8 Å². The quantitative estimate of drug-likeness (QED) is 0.556. The molecule has 0 spiro atoms.